The molecule has 1 aliphatic carbocycles. The minimum absolute atomic E-state index is 0.136. The molecule has 2 heteroatoms. The molecule has 9 aromatic rings. The topological polar surface area (TPSA) is 36.7 Å². The molecule has 0 atom stereocenters. The molecule has 0 spiro atoms. The van der Waals surface area contributed by atoms with Crippen molar-refractivity contribution in [2.24, 2.45) is 0 Å². The van der Waals surface area contributed by atoms with Crippen LogP contribution in [0.3, 0.4) is 0 Å². The molecule has 0 bridgehead atoms. The number of aromatic nitrogens is 1. The fraction of sp³-hybridized carbons (Fsp3) is 0.0588. The molecular weight excluding hydrogens is 641 g/mol. The van der Waals surface area contributed by atoms with Gasteiger partial charge in [0.2, 0.25) is 0 Å². The monoisotopic (exact) mass is 674 g/mol. The van der Waals surface area contributed by atoms with E-state index in [9.17, 15) is 5.26 Å². The number of pyridine rings is 1. The third kappa shape index (κ3) is 4.82. The van der Waals surface area contributed by atoms with Gasteiger partial charge in [-0.2, -0.15) is 5.26 Å². The maximum absolute atomic E-state index is 9.26. The lowest BCUT2D eigenvalue weighted by Crippen LogP contribution is -2.14. The summed E-state index contributed by atoms with van der Waals surface area (Å²) in [5.74, 6) is 0. The molecule has 0 amide bonds. The number of fused-ring (bicyclic) bond motifs is 13. The molecule has 10 rings (SSSR count). The number of hydrogen-bond acceptors (Lipinski definition) is 2. The molecule has 0 radical (unpaired) electrons. The Labute approximate surface area is 308 Å². The van der Waals surface area contributed by atoms with Crippen molar-refractivity contribution in [2.45, 2.75) is 19.3 Å². The highest BCUT2D eigenvalue weighted by Gasteiger charge is 2.35. The Balaban J connectivity index is 1.37. The molecule has 0 N–H and O–H groups in total. The van der Waals surface area contributed by atoms with Gasteiger partial charge in [0.15, 0.2) is 0 Å². The van der Waals surface area contributed by atoms with Crippen LogP contribution < -0.4 is 0 Å². The van der Waals surface area contributed by atoms with Crippen LogP contribution in [0, 0.1) is 11.3 Å². The van der Waals surface area contributed by atoms with E-state index in [4.69, 9.17) is 4.98 Å². The lowest BCUT2D eigenvalue weighted by atomic mass is 9.81. The summed E-state index contributed by atoms with van der Waals surface area (Å²) in [5.41, 5.74) is 9.88. The van der Waals surface area contributed by atoms with E-state index in [1.807, 2.05) is 30.5 Å². The van der Waals surface area contributed by atoms with E-state index in [-0.39, 0.29) is 5.41 Å². The Morgan fingerprint density at radius 2 is 0.906 bits per heavy atom. The standard InChI is InChI=1S/C51H34N2/c1-51(2)48-18-10-9-17-43(48)47-28-45-44-27-34(35-24-26-50(53-31-35)33-21-19-32(30-52)20-22-33)23-25-42(44)40-15-6-5-13-38(40)36-11-3-4-12-37(36)39-14-7-8-16-41(39)46(45)29-49(47)51/h3-29,31H,1-2H3. The second kappa shape index (κ2) is 11.9. The predicted molar refractivity (Wildman–Crippen MR) is 223 cm³/mol. The SMILES string of the molecule is CC1(C)c2ccccc2-c2cc3c4cc(-c5ccc(-c6ccc(C#N)cc6)nc5)ccc4c4ccccc4c4ccccc4c4ccccc4c3cc21. The third-order valence-electron chi connectivity index (χ3n) is 11.4. The maximum Gasteiger partial charge on any atom is 0.0991 e. The molecule has 0 fully saturated rings. The fourth-order valence-electron chi connectivity index (χ4n) is 8.68. The van der Waals surface area contributed by atoms with Crippen molar-refractivity contribution < 1.29 is 0 Å². The van der Waals surface area contributed by atoms with E-state index in [0.717, 1.165) is 22.4 Å². The lowest BCUT2D eigenvalue weighted by molar-refractivity contribution is 0.661. The van der Waals surface area contributed by atoms with Gasteiger partial charge in [-0.25, -0.2) is 0 Å². The van der Waals surface area contributed by atoms with Crippen LogP contribution in [0.15, 0.2) is 170 Å². The Kier molecular flexibility index (Phi) is 6.94. The van der Waals surface area contributed by atoms with Crippen LogP contribution in [0.5, 0.6) is 0 Å². The minimum atomic E-state index is -0.136. The molecule has 0 saturated heterocycles. The average Bonchev–Trinajstić information content (AvgIpc) is 3.45. The number of nitrogens with zero attached hydrogens (tertiary/aromatic N) is 2. The molecule has 0 aliphatic heterocycles. The Morgan fingerprint density at radius 3 is 1.49 bits per heavy atom. The zero-order chi connectivity index (χ0) is 35.7. The molecule has 1 aromatic heterocycles. The van der Waals surface area contributed by atoms with Crippen molar-refractivity contribution in [3.63, 3.8) is 0 Å². The van der Waals surface area contributed by atoms with Crippen LogP contribution in [0.25, 0.3) is 87.4 Å². The first-order chi connectivity index (χ1) is 26.0. The van der Waals surface area contributed by atoms with Crippen molar-refractivity contribution in [2.75, 3.05) is 0 Å². The van der Waals surface area contributed by atoms with Gasteiger partial charge in [0.05, 0.1) is 17.3 Å². The van der Waals surface area contributed by atoms with Gasteiger partial charge in [0.25, 0.3) is 0 Å². The van der Waals surface area contributed by atoms with Crippen molar-refractivity contribution in [3.05, 3.63) is 187 Å². The van der Waals surface area contributed by atoms with Crippen LogP contribution in [-0.2, 0) is 5.41 Å². The lowest BCUT2D eigenvalue weighted by Gasteiger charge is -2.22. The number of rotatable bonds is 2. The molecule has 2 nitrogen and oxygen atoms in total. The summed E-state index contributed by atoms with van der Waals surface area (Å²) in [7, 11) is 0. The first kappa shape index (κ1) is 31.0. The van der Waals surface area contributed by atoms with Gasteiger partial charge in [-0.1, -0.05) is 141 Å². The van der Waals surface area contributed by atoms with Crippen LogP contribution in [0.2, 0.25) is 0 Å². The molecular formula is C51H34N2. The van der Waals surface area contributed by atoms with Crippen molar-refractivity contribution in [3.8, 4) is 39.6 Å². The van der Waals surface area contributed by atoms with E-state index < -0.39 is 0 Å². The van der Waals surface area contributed by atoms with Gasteiger partial charge in [-0.3, -0.25) is 4.98 Å². The summed E-state index contributed by atoms with van der Waals surface area (Å²) in [6.45, 7) is 4.73. The van der Waals surface area contributed by atoms with Gasteiger partial charge >= 0.3 is 0 Å². The molecule has 0 saturated carbocycles. The molecule has 248 valence electrons. The predicted octanol–water partition coefficient (Wildman–Crippen LogP) is 13.5. The highest BCUT2D eigenvalue weighted by Crippen LogP contribution is 2.51. The summed E-state index contributed by atoms with van der Waals surface area (Å²) >= 11 is 0. The summed E-state index contributed by atoms with van der Waals surface area (Å²) in [6, 6.07) is 61.5. The van der Waals surface area contributed by atoms with E-state index in [2.05, 4.69) is 159 Å². The largest absolute Gasteiger partial charge is 0.256 e. The minimum Gasteiger partial charge on any atom is -0.256 e. The summed E-state index contributed by atoms with van der Waals surface area (Å²) in [6.07, 6.45) is 1.97. The van der Waals surface area contributed by atoms with Gasteiger partial charge < -0.3 is 0 Å². The van der Waals surface area contributed by atoms with E-state index >= 15 is 0 Å². The number of hydrogen-bond donors (Lipinski definition) is 0. The Hall–Kier alpha value is -6.82. The zero-order valence-electron chi connectivity index (χ0n) is 29.6. The Morgan fingerprint density at radius 1 is 0.415 bits per heavy atom. The highest BCUT2D eigenvalue weighted by atomic mass is 14.7. The molecule has 8 aromatic carbocycles. The molecule has 0 unspecified atom stereocenters. The first-order valence-corrected chi connectivity index (χ1v) is 18.2. The molecule has 1 heterocycles. The van der Waals surface area contributed by atoms with Crippen LogP contribution in [0.4, 0.5) is 0 Å². The van der Waals surface area contributed by atoms with E-state index in [1.54, 1.807) is 0 Å². The van der Waals surface area contributed by atoms with Crippen LogP contribution in [-0.4, -0.2) is 4.98 Å². The van der Waals surface area contributed by atoms with Gasteiger partial charge in [-0.15, -0.1) is 0 Å². The quantitative estimate of drug-likeness (QED) is 0.183. The average molecular weight is 675 g/mol. The van der Waals surface area contributed by atoms with E-state index in [1.165, 1.54) is 76.1 Å². The number of nitriles is 1. The van der Waals surface area contributed by atoms with Crippen molar-refractivity contribution in [1.29, 1.82) is 5.26 Å². The summed E-state index contributed by atoms with van der Waals surface area (Å²) in [5, 5.41) is 21.5. The molecule has 1 aliphatic rings. The van der Waals surface area contributed by atoms with Crippen LogP contribution >= 0.6 is 0 Å². The zero-order valence-corrected chi connectivity index (χ0v) is 29.6. The first-order valence-electron chi connectivity index (χ1n) is 18.2. The summed E-state index contributed by atoms with van der Waals surface area (Å²) in [4.78, 5) is 4.89. The van der Waals surface area contributed by atoms with Gasteiger partial charge in [0.1, 0.15) is 0 Å². The second-order valence-corrected chi connectivity index (χ2v) is 14.6. The number of benzene rings is 7. The third-order valence-corrected chi connectivity index (χ3v) is 11.4. The van der Waals surface area contributed by atoms with Gasteiger partial charge in [0, 0.05) is 22.7 Å². The highest BCUT2D eigenvalue weighted by molar-refractivity contribution is 6.27. The Bertz CT molecular complexity index is 3070. The van der Waals surface area contributed by atoms with Crippen molar-refractivity contribution in [1.82, 2.24) is 4.98 Å². The van der Waals surface area contributed by atoms with E-state index in [0.29, 0.717) is 5.56 Å². The maximum atomic E-state index is 9.26. The van der Waals surface area contributed by atoms with Gasteiger partial charge in [-0.05, 0) is 118 Å². The van der Waals surface area contributed by atoms with Crippen molar-refractivity contribution >= 4 is 53.9 Å². The summed E-state index contributed by atoms with van der Waals surface area (Å²) < 4.78 is 0. The normalized spacial score (nSPS) is 12.8. The fourth-order valence-corrected chi connectivity index (χ4v) is 8.68. The molecule has 53 heavy (non-hydrogen) atoms. The second-order valence-electron chi connectivity index (χ2n) is 14.6. The smallest absolute Gasteiger partial charge is 0.0991 e. The van der Waals surface area contributed by atoms with Crippen LogP contribution in [0.1, 0.15) is 30.5 Å².